The minimum absolute atomic E-state index is 0.191. The predicted octanol–water partition coefficient (Wildman–Crippen LogP) is 5.03. The number of amides is 1. The van der Waals surface area contributed by atoms with Crippen LogP contribution in [0.3, 0.4) is 0 Å². The van der Waals surface area contributed by atoms with E-state index in [0.717, 1.165) is 53.7 Å². The van der Waals surface area contributed by atoms with Gasteiger partial charge in [0.25, 0.3) is 0 Å². The van der Waals surface area contributed by atoms with Crippen LogP contribution in [-0.2, 0) is 11.2 Å². The first kappa shape index (κ1) is 20.3. The van der Waals surface area contributed by atoms with E-state index < -0.39 is 0 Å². The van der Waals surface area contributed by atoms with E-state index in [9.17, 15) is 4.79 Å². The van der Waals surface area contributed by atoms with Gasteiger partial charge in [-0.1, -0.05) is 72.4 Å². The molecule has 4 aromatic rings. The van der Waals surface area contributed by atoms with Crippen LogP contribution in [0.1, 0.15) is 18.4 Å². The summed E-state index contributed by atoms with van der Waals surface area (Å²) >= 11 is 3.05. The molecule has 0 aliphatic carbocycles. The Morgan fingerprint density at radius 2 is 1.71 bits per heavy atom. The minimum Gasteiger partial charge on any atom is -0.342 e. The van der Waals surface area contributed by atoms with E-state index in [1.54, 1.807) is 11.3 Å². The molecule has 1 aliphatic heterocycles. The van der Waals surface area contributed by atoms with Crippen LogP contribution in [0.15, 0.2) is 71.2 Å². The summed E-state index contributed by atoms with van der Waals surface area (Å²) in [5, 5.41) is 11.5. The fourth-order valence-corrected chi connectivity index (χ4v) is 5.89. The second kappa shape index (κ2) is 9.24. The summed E-state index contributed by atoms with van der Waals surface area (Å²) in [6.07, 6.45) is 3.25. The van der Waals surface area contributed by atoms with E-state index in [1.165, 1.54) is 17.3 Å². The Hall–Kier alpha value is -2.64. The molecule has 0 bridgehead atoms. The number of carbonyl (C=O) groups is 1. The molecular weight excluding hydrogens is 424 g/mol. The average Bonchev–Trinajstić information content (AvgIpc) is 3.42. The third kappa shape index (κ3) is 4.52. The molecule has 0 unspecified atom stereocenters. The summed E-state index contributed by atoms with van der Waals surface area (Å²) in [7, 11) is 0. The van der Waals surface area contributed by atoms with Gasteiger partial charge in [-0.15, -0.1) is 21.5 Å². The van der Waals surface area contributed by atoms with Gasteiger partial charge in [-0.2, -0.15) is 0 Å². The van der Waals surface area contributed by atoms with Crippen LogP contribution in [0.2, 0.25) is 0 Å². The zero-order valence-electron chi connectivity index (χ0n) is 17.2. The lowest BCUT2D eigenvalue weighted by Gasteiger charge is -2.32. The summed E-state index contributed by atoms with van der Waals surface area (Å²) in [6.45, 7) is 1.69. The molecule has 0 saturated carbocycles. The monoisotopic (exact) mass is 448 g/mol. The normalized spacial score (nSPS) is 14.9. The molecule has 2 aromatic carbocycles. The van der Waals surface area contributed by atoms with Gasteiger partial charge in [0.2, 0.25) is 10.9 Å². The fraction of sp³-hybridized carbons (Fsp3) is 0.292. The molecule has 0 atom stereocenters. The van der Waals surface area contributed by atoms with Gasteiger partial charge in [0, 0.05) is 18.5 Å². The third-order valence-corrected chi connectivity index (χ3v) is 7.58. The molecule has 3 heterocycles. The van der Waals surface area contributed by atoms with Gasteiger partial charge in [0.15, 0.2) is 5.16 Å². The number of carbonyl (C=O) groups excluding carboxylic acids is 1. The van der Waals surface area contributed by atoms with Crippen LogP contribution < -0.4 is 0 Å². The number of hydrogen-bond donors (Lipinski definition) is 0. The Kier molecular flexibility index (Phi) is 6.04. The second-order valence-electron chi connectivity index (χ2n) is 7.89. The number of thioether (sulfide) groups is 1. The minimum atomic E-state index is 0.191. The largest absolute Gasteiger partial charge is 0.342 e. The van der Waals surface area contributed by atoms with Crippen LogP contribution in [0.5, 0.6) is 0 Å². The quantitative estimate of drug-likeness (QED) is 0.388. The maximum absolute atomic E-state index is 12.8. The summed E-state index contributed by atoms with van der Waals surface area (Å²) in [5.74, 6) is 1.25. The fourth-order valence-electron chi connectivity index (χ4n) is 4.15. The Bertz CT molecular complexity index is 1150. The Morgan fingerprint density at radius 1 is 1.00 bits per heavy atom. The van der Waals surface area contributed by atoms with Crippen molar-refractivity contribution in [3.05, 3.63) is 71.6 Å². The molecule has 1 saturated heterocycles. The van der Waals surface area contributed by atoms with E-state index in [-0.39, 0.29) is 5.91 Å². The molecule has 5 rings (SSSR count). The van der Waals surface area contributed by atoms with Crippen molar-refractivity contribution in [2.45, 2.75) is 24.4 Å². The summed E-state index contributed by atoms with van der Waals surface area (Å²) < 4.78 is 2.06. The van der Waals surface area contributed by atoms with Crippen molar-refractivity contribution in [3.8, 4) is 11.3 Å². The van der Waals surface area contributed by atoms with E-state index in [4.69, 9.17) is 0 Å². The maximum Gasteiger partial charge on any atom is 0.233 e. The van der Waals surface area contributed by atoms with E-state index in [1.807, 2.05) is 23.1 Å². The molecule has 0 spiro atoms. The second-order valence-corrected chi connectivity index (χ2v) is 9.67. The molecule has 31 heavy (non-hydrogen) atoms. The molecule has 5 nitrogen and oxygen atoms in total. The number of hydrogen-bond acceptors (Lipinski definition) is 5. The molecule has 1 fully saturated rings. The highest BCUT2D eigenvalue weighted by atomic mass is 32.2. The average molecular weight is 449 g/mol. The molecule has 1 aliphatic rings. The molecule has 7 heteroatoms. The van der Waals surface area contributed by atoms with Crippen molar-refractivity contribution in [2.75, 3.05) is 18.8 Å². The third-order valence-electron chi connectivity index (χ3n) is 5.85. The number of nitrogens with zero attached hydrogens (tertiary/aromatic N) is 4. The van der Waals surface area contributed by atoms with Gasteiger partial charge < -0.3 is 4.90 Å². The zero-order valence-corrected chi connectivity index (χ0v) is 18.8. The van der Waals surface area contributed by atoms with Gasteiger partial charge in [0.1, 0.15) is 0 Å². The van der Waals surface area contributed by atoms with Crippen molar-refractivity contribution in [2.24, 2.45) is 5.92 Å². The lowest BCUT2D eigenvalue weighted by molar-refractivity contribution is -0.129. The van der Waals surface area contributed by atoms with Gasteiger partial charge in [0.05, 0.1) is 11.4 Å². The number of aromatic nitrogens is 3. The van der Waals surface area contributed by atoms with Crippen molar-refractivity contribution in [1.29, 1.82) is 0 Å². The number of likely N-dealkylation sites (tertiary alicyclic amines) is 1. The van der Waals surface area contributed by atoms with E-state index in [2.05, 4.69) is 62.4 Å². The summed E-state index contributed by atoms with van der Waals surface area (Å²) in [5.41, 5.74) is 3.59. The zero-order chi connectivity index (χ0) is 21.0. The number of thiazole rings is 1. The molecule has 0 N–H and O–H groups in total. The Balaban J connectivity index is 1.19. The topological polar surface area (TPSA) is 50.5 Å². The maximum atomic E-state index is 12.8. The summed E-state index contributed by atoms with van der Waals surface area (Å²) in [6, 6.07) is 20.9. The van der Waals surface area contributed by atoms with Gasteiger partial charge in [-0.05, 0) is 36.3 Å². The SMILES string of the molecule is O=C(CSc1nnc2scc(-c3ccccc3)n12)N1CCC(Cc2ccccc2)CC1. The lowest BCUT2D eigenvalue weighted by atomic mass is 9.90. The van der Waals surface area contributed by atoms with Crippen LogP contribution in [0.25, 0.3) is 16.2 Å². The van der Waals surface area contributed by atoms with Gasteiger partial charge in [-0.25, -0.2) is 0 Å². The molecule has 2 aromatic heterocycles. The highest BCUT2D eigenvalue weighted by Crippen LogP contribution is 2.30. The standard InChI is InChI=1S/C24H24N4OS2/c29-22(27-13-11-19(12-14-27)15-18-7-3-1-4-8-18)17-31-24-26-25-23-28(24)21(16-30-23)20-9-5-2-6-10-20/h1-10,16,19H,11-15,17H2. The van der Waals surface area contributed by atoms with E-state index >= 15 is 0 Å². The van der Waals surface area contributed by atoms with Crippen LogP contribution in [0, 0.1) is 5.92 Å². The molecule has 1 amide bonds. The molecule has 158 valence electrons. The van der Waals surface area contributed by atoms with Crippen molar-refractivity contribution < 1.29 is 4.79 Å². The van der Waals surface area contributed by atoms with Crippen molar-refractivity contribution in [3.63, 3.8) is 0 Å². The Morgan fingerprint density at radius 3 is 2.45 bits per heavy atom. The van der Waals surface area contributed by atoms with Crippen LogP contribution >= 0.6 is 23.1 Å². The molecule has 0 radical (unpaired) electrons. The summed E-state index contributed by atoms with van der Waals surface area (Å²) in [4.78, 5) is 15.7. The predicted molar refractivity (Wildman–Crippen MR) is 126 cm³/mol. The van der Waals surface area contributed by atoms with Crippen LogP contribution in [0.4, 0.5) is 0 Å². The first-order valence-corrected chi connectivity index (χ1v) is 12.5. The number of rotatable bonds is 6. The van der Waals surface area contributed by atoms with Gasteiger partial charge >= 0.3 is 0 Å². The highest BCUT2D eigenvalue weighted by molar-refractivity contribution is 7.99. The number of benzene rings is 2. The molecular formula is C24H24N4OS2. The highest BCUT2D eigenvalue weighted by Gasteiger charge is 2.24. The van der Waals surface area contributed by atoms with Crippen LogP contribution in [-0.4, -0.2) is 44.2 Å². The number of piperidine rings is 1. The lowest BCUT2D eigenvalue weighted by Crippen LogP contribution is -2.39. The van der Waals surface area contributed by atoms with E-state index in [0.29, 0.717) is 11.7 Å². The Labute approximate surface area is 190 Å². The first-order valence-electron chi connectivity index (χ1n) is 10.6. The van der Waals surface area contributed by atoms with Crippen molar-refractivity contribution in [1.82, 2.24) is 19.5 Å². The van der Waals surface area contributed by atoms with Crippen molar-refractivity contribution >= 4 is 34.0 Å². The smallest absolute Gasteiger partial charge is 0.233 e. The number of fused-ring (bicyclic) bond motifs is 1. The van der Waals surface area contributed by atoms with Gasteiger partial charge in [-0.3, -0.25) is 9.20 Å². The first-order chi connectivity index (χ1) is 15.3.